The van der Waals surface area contributed by atoms with Gasteiger partial charge in [0.15, 0.2) is 0 Å². The number of aromatic carboxylic acids is 1. The summed E-state index contributed by atoms with van der Waals surface area (Å²) in [4.78, 5) is 22.5. The first kappa shape index (κ1) is 16.6. The van der Waals surface area contributed by atoms with Crippen molar-refractivity contribution >= 4 is 22.8 Å². The number of carboxylic acid groups (broad SMARTS) is 2. The molecule has 0 spiro atoms. The molecule has 3 rings (SSSR count). The quantitative estimate of drug-likeness (QED) is 0.663. The van der Waals surface area contributed by atoms with E-state index in [0.717, 1.165) is 5.69 Å². The molecule has 0 radical (unpaired) electrons. The van der Waals surface area contributed by atoms with Gasteiger partial charge < -0.3 is 19.9 Å². The van der Waals surface area contributed by atoms with Crippen LogP contribution in [-0.2, 0) is 17.8 Å². The number of nitrogens with zero attached hydrogens (tertiary/aromatic N) is 1. The molecule has 0 bridgehead atoms. The van der Waals surface area contributed by atoms with Gasteiger partial charge in [-0.15, -0.1) is 0 Å². The van der Waals surface area contributed by atoms with E-state index in [4.69, 9.17) is 0 Å². The lowest BCUT2D eigenvalue weighted by molar-refractivity contribution is -0.136. The number of aromatic nitrogens is 1. The zero-order valence-corrected chi connectivity index (χ0v) is 13.6. The maximum atomic E-state index is 11.3. The standard InChI is InChI=1S/C19H17NO5/c1-11-15(9-18(22)23)14-7-6-12(19(24)25)8-16(14)20(11)10-13-4-2-3-5-17(13)21/h2-8,21H,9-10H2,1H3,(H,22,23)(H,24,25). The van der Waals surface area contributed by atoms with Gasteiger partial charge in [0.25, 0.3) is 0 Å². The van der Waals surface area contributed by atoms with Crippen LogP contribution >= 0.6 is 0 Å². The van der Waals surface area contributed by atoms with Gasteiger partial charge in [-0.2, -0.15) is 0 Å². The molecule has 128 valence electrons. The number of aromatic hydroxyl groups is 1. The fourth-order valence-corrected chi connectivity index (χ4v) is 3.07. The first-order valence-corrected chi connectivity index (χ1v) is 7.72. The summed E-state index contributed by atoms with van der Waals surface area (Å²) in [5.74, 6) is -1.86. The highest BCUT2D eigenvalue weighted by Crippen LogP contribution is 2.29. The van der Waals surface area contributed by atoms with Crippen molar-refractivity contribution in [3.8, 4) is 5.75 Å². The maximum absolute atomic E-state index is 11.3. The molecule has 3 N–H and O–H groups in total. The van der Waals surface area contributed by atoms with Crippen LogP contribution in [0.1, 0.15) is 27.2 Å². The van der Waals surface area contributed by atoms with E-state index in [9.17, 15) is 24.9 Å². The van der Waals surface area contributed by atoms with E-state index in [1.807, 2.05) is 4.57 Å². The molecule has 0 atom stereocenters. The second-order valence-electron chi connectivity index (χ2n) is 5.89. The minimum Gasteiger partial charge on any atom is -0.508 e. The number of phenols is 1. The summed E-state index contributed by atoms with van der Waals surface area (Å²) >= 11 is 0. The number of phenolic OH excluding ortho intramolecular Hbond substituents is 1. The van der Waals surface area contributed by atoms with E-state index in [-0.39, 0.29) is 17.7 Å². The van der Waals surface area contributed by atoms with Gasteiger partial charge in [-0.3, -0.25) is 4.79 Å². The highest BCUT2D eigenvalue weighted by atomic mass is 16.4. The van der Waals surface area contributed by atoms with E-state index < -0.39 is 11.9 Å². The molecular weight excluding hydrogens is 322 g/mol. The van der Waals surface area contributed by atoms with Crippen LogP contribution in [0.5, 0.6) is 5.75 Å². The van der Waals surface area contributed by atoms with E-state index in [1.165, 1.54) is 12.1 Å². The van der Waals surface area contributed by atoms with E-state index in [0.29, 0.717) is 28.6 Å². The first-order valence-electron chi connectivity index (χ1n) is 7.72. The van der Waals surface area contributed by atoms with Crippen molar-refractivity contribution in [1.82, 2.24) is 4.57 Å². The molecule has 0 fully saturated rings. The zero-order chi connectivity index (χ0) is 18.1. The summed E-state index contributed by atoms with van der Waals surface area (Å²) in [5, 5.41) is 29.2. The monoisotopic (exact) mass is 339 g/mol. The minimum absolute atomic E-state index is 0.130. The predicted octanol–water partition coefficient (Wildman–Crippen LogP) is 3.03. The lowest BCUT2D eigenvalue weighted by atomic mass is 10.1. The summed E-state index contributed by atoms with van der Waals surface area (Å²) in [6, 6.07) is 11.5. The molecule has 1 aromatic heterocycles. The van der Waals surface area contributed by atoms with Crippen molar-refractivity contribution < 1.29 is 24.9 Å². The van der Waals surface area contributed by atoms with E-state index in [1.54, 1.807) is 37.3 Å². The third-order valence-corrected chi connectivity index (χ3v) is 4.35. The number of aliphatic carboxylic acids is 1. The highest BCUT2D eigenvalue weighted by molar-refractivity contribution is 5.96. The number of benzene rings is 2. The molecule has 1 heterocycles. The van der Waals surface area contributed by atoms with Crippen LogP contribution in [0, 0.1) is 6.92 Å². The van der Waals surface area contributed by atoms with E-state index >= 15 is 0 Å². The number of hydrogen-bond donors (Lipinski definition) is 3. The summed E-state index contributed by atoms with van der Waals surface area (Å²) in [5.41, 5.74) is 2.82. The lowest BCUT2D eigenvalue weighted by Gasteiger charge is -2.10. The Morgan fingerprint density at radius 3 is 2.44 bits per heavy atom. The number of hydrogen-bond acceptors (Lipinski definition) is 3. The smallest absolute Gasteiger partial charge is 0.335 e. The summed E-state index contributed by atoms with van der Waals surface area (Å²) in [6.07, 6.45) is -0.150. The molecule has 2 aromatic carbocycles. The molecule has 0 saturated heterocycles. The Morgan fingerprint density at radius 2 is 1.80 bits per heavy atom. The number of fused-ring (bicyclic) bond motifs is 1. The summed E-state index contributed by atoms with van der Waals surface area (Å²) in [7, 11) is 0. The number of carbonyl (C=O) groups is 2. The Bertz CT molecular complexity index is 987. The number of rotatable bonds is 5. The number of para-hydroxylation sites is 1. The Balaban J connectivity index is 2.22. The van der Waals surface area contributed by atoms with E-state index in [2.05, 4.69) is 0 Å². The number of carboxylic acids is 2. The topological polar surface area (TPSA) is 99.8 Å². The van der Waals surface area contributed by atoms with Gasteiger partial charge in [-0.1, -0.05) is 24.3 Å². The Hall–Kier alpha value is -3.28. The second kappa shape index (κ2) is 6.32. The van der Waals surface area contributed by atoms with Gasteiger partial charge >= 0.3 is 11.9 Å². The zero-order valence-electron chi connectivity index (χ0n) is 13.6. The van der Waals surface area contributed by atoms with Crippen LogP contribution in [0.15, 0.2) is 42.5 Å². The van der Waals surface area contributed by atoms with Crippen molar-refractivity contribution in [1.29, 1.82) is 0 Å². The average molecular weight is 339 g/mol. The molecule has 0 aliphatic heterocycles. The first-order chi connectivity index (χ1) is 11.9. The van der Waals surface area contributed by atoms with Gasteiger partial charge in [0.1, 0.15) is 5.75 Å². The molecule has 3 aromatic rings. The van der Waals surface area contributed by atoms with Gasteiger partial charge in [-0.05, 0) is 30.7 Å². The highest BCUT2D eigenvalue weighted by Gasteiger charge is 2.18. The Labute approximate surface area is 143 Å². The molecule has 0 saturated carbocycles. The van der Waals surface area contributed by atoms with Crippen molar-refractivity contribution in [3.05, 3.63) is 64.8 Å². The normalized spacial score (nSPS) is 10.9. The second-order valence-corrected chi connectivity index (χ2v) is 5.89. The molecule has 0 aliphatic carbocycles. The van der Waals surface area contributed by atoms with Crippen LogP contribution < -0.4 is 0 Å². The molecule has 0 aliphatic rings. The predicted molar refractivity (Wildman–Crippen MR) is 92.2 cm³/mol. The molecular formula is C19H17NO5. The minimum atomic E-state index is -1.05. The van der Waals surface area contributed by atoms with Crippen LogP contribution in [0.3, 0.4) is 0 Å². The maximum Gasteiger partial charge on any atom is 0.335 e. The van der Waals surface area contributed by atoms with Gasteiger partial charge in [0.05, 0.1) is 18.5 Å². The van der Waals surface area contributed by atoms with Crippen LogP contribution in [0.2, 0.25) is 0 Å². The molecule has 0 unspecified atom stereocenters. The van der Waals surface area contributed by atoms with Crippen molar-refractivity contribution in [3.63, 3.8) is 0 Å². The Kier molecular flexibility index (Phi) is 4.19. The third kappa shape index (κ3) is 3.06. The molecule has 25 heavy (non-hydrogen) atoms. The van der Waals surface area contributed by atoms with Crippen LogP contribution in [-0.4, -0.2) is 31.8 Å². The molecule has 6 nitrogen and oxygen atoms in total. The lowest BCUT2D eigenvalue weighted by Crippen LogP contribution is -2.05. The van der Waals surface area contributed by atoms with Gasteiger partial charge in [0, 0.05) is 22.2 Å². The van der Waals surface area contributed by atoms with Crippen molar-refractivity contribution in [2.45, 2.75) is 19.9 Å². The average Bonchev–Trinajstić information content (AvgIpc) is 2.81. The summed E-state index contributed by atoms with van der Waals surface area (Å²) in [6.45, 7) is 2.12. The fraction of sp³-hybridized carbons (Fsp3) is 0.158. The van der Waals surface area contributed by atoms with Gasteiger partial charge in [0.2, 0.25) is 0 Å². The summed E-state index contributed by atoms with van der Waals surface area (Å²) < 4.78 is 1.84. The fourth-order valence-electron chi connectivity index (χ4n) is 3.07. The van der Waals surface area contributed by atoms with Gasteiger partial charge in [-0.25, -0.2) is 4.79 Å². The SMILES string of the molecule is Cc1c(CC(=O)O)c2ccc(C(=O)O)cc2n1Cc1ccccc1O. The van der Waals surface area contributed by atoms with Crippen molar-refractivity contribution in [2.75, 3.05) is 0 Å². The molecule has 6 heteroatoms. The van der Waals surface area contributed by atoms with Crippen molar-refractivity contribution in [2.24, 2.45) is 0 Å². The molecule has 0 amide bonds. The Morgan fingerprint density at radius 1 is 1.08 bits per heavy atom. The van der Waals surface area contributed by atoms with Crippen LogP contribution in [0.4, 0.5) is 0 Å². The largest absolute Gasteiger partial charge is 0.508 e. The third-order valence-electron chi connectivity index (χ3n) is 4.35. The van der Waals surface area contributed by atoms with Crippen LogP contribution in [0.25, 0.3) is 10.9 Å².